The van der Waals surface area contributed by atoms with Gasteiger partial charge in [-0.2, -0.15) is 0 Å². The smallest absolute Gasteiger partial charge is 0.264 e. The first-order chi connectivity index (χ1) is 18.2. The quantitative estimate of drug-likeness (QED) is 0.321. The SMILES string of the molecule is Cc1ccc(N(CC(=O)Nc2ccccc2C(=O)NCc2ccccc2)S(=O)(=O)c2ccc(F)cc2)cc1. The Morgan fingerprint density at radius 3 is 2.13 bits per heavy atom. The minimum atomic E-state index is -4.21. The molecular weight excluding hydrogens is 505 g/mol. The monoisotopic (exact) mass is 531 g/mol. The lowest BCUT2D eigenvalue weighted by Crippen LogP contribution is -2.38. The zero-order valence-corrected chi connectivity index (χ0v) is 21.4. The second-order valence-electron chi connectivity index (χ2n) is 8.56. The van der Waals surface area contributed by atoms with E-state index in [1.165, 1.54) is 0 Å². The lowest BCUT2D eigenvalue weighted by atomic mass is 10.1. The van der Waals surface area contributed by atoms with Crippen molar-refractivity contribution in [3.63, 3.8) is 0 Å². The molecule has 0 aliphatic heterocycles. The predicted molar refractivity (Wildman–Crippen MR) is 145 cm³/mol. The predicted octanol–water partition coefficient (Wildman–Crippen LogP) is 4.90. The molecule has 0 aromatic heterocycles. The second kappa shape index (κ2) is 11.7. The number of sulfonamides is 1. The van der Waals surface area contributed by atoms with Crippen LogP contribution in [0.1, 0.15) is 21.5 Å². The highest BCUT2D eigenvalue weighted by Gasteiger charge is 2.28. The van der Waals surface area contributed by atoms with Gasteiger partial charge in [-0.05, 0) is 61.0 Å². The second-order valence-corrected chi connectivity index (χ2v) is 10.4. The van der Waals surface area contributed by atoms with Crippen LogP contribution >= 0.6 is 0 Å². The molecule has 9 heteroatoms. The molecule has 4 rings (SSSR count). The van der Waals surface area contributed by atoms with Crippen LogP contribution in [0, 0.1) is 12.7 Å². The summed E-state index contributed by atoms with van der Waals surface area (Å²) in [7, 11) is -4.21. The maximum absolute atomic E-state index is 13.5. The molecule has 0 radical (unpaired) electrons. The van der Waals surface area contributed by atoms with E-state index < -0.39 is 28.3 Å². The molecular formula is C29H26FN3O4S. The molecule has 0 saturated carbocycles. The number of hydrogen-bond donors (Lipinski definition) is 2. The minimum Gasteiger partial charge on any atom is -0.348 e. The molecule has 0 fully saturated rings. The van der Waals surface area contributed by atoms with Crippen molar-refractivity contribution in [2.75, 3.05) is 16.2 Å². The molecule has 0 saturated heterocycles. The summed E-state index contributed by atoms with van der Waals surface area (Å²) in [6, 6.07) is 26.9. The molecule has 4 aromatic carbocycles. The summed E-state index contributed by atoms with van der Waals surface area (Å²) in [6.07, 6.45) is 0. The number of benzene rings is 4. The van der Waals surface area contributed by atoms with E-state index in [4.69, 9.17) is 0 Å². The third-order valence-electron chi connectivity index (χ3n) is 5.75. The number of aryl methyl sites for hydroxylation is 1. The normalized spacial score (nSPS) is 11.0. The van der Waals surface area contributed by atoms with Gasteiger partial charge < -0.3 is 10.6 Å². The Bertz CT molecular complexity index is 1520. The van der Waals surface area contributed by atoms with Crippen LogP contribution in [0.25, 0.3) is 0 Å². The molecule has 2 N–H and O–H groups in total. The minimum absolute atomic E-state index is 0.159. The van der Waals surface area contributed by atoms with Crippen molar-refractivity contribution in [3.8, 4) is 0 Å². The van der Waals surface area contributed by atoms with Crippen LogP contribution in [0.5, 0.6) is 0 Å². The van der Waals surface area contributed by atoms with Crippen molar-refractivity contribution in [2.24, 2.45) is 0 Å². The highest BCUT2D eigenvalue weighted by molar-refractivity contribution is 7.92. The Hall–Kier alpha value is -4.50. The Morgan fingerprint density at radius 2 is 1.45 bits per heavy atom. The molecule has 7 nitrogen and oxygen atoms in total. The molecule has 38 heavy (non-hydrogen) atoms. The summed E-state index contributed by atoms with van der Waals surface area (Å²) in [5.41, 5.74) is 2.57. The van der Waals surface area contributed by atoms with Crippen molar-refractivity contribution in [1.82, 2.24) is 5.32 Å². The average molecular weight is 532 g/mol. The van der Waals surface area contributed by atoms with E-state index in [0.29, 0.717) is 6.54 Å². The Balaban J connectivity index is 1.56. The van der Waals surface area contributed by atoms with Gasteiger partial charge in [0.05, 0.1) is 21.8 Å². The average Bonchev–Trinajstić information content (AvgIpc) is 2.92. The number of amides is 2. The van der Waals surface area contributed by atoms with Crippen molar-refractivity contribution in [2.45, 2.75) is 18.4 Å². The number of nitrogens with zero attached hydrogens (tertiary/aromatic N) is 1. The Labute approximate surface area is 221 Å². The van der Waals surface area contributed by atoms with Gasteiger partial charge in [-0.15, -0.1) is 0 Å². The fourth-order valence-electron chi connectivity index (χ4n) is 3.74. The van der Waals surface area contributed by atoms with Crippen molar-refractivity contribution < 1.29 is 22.4 Å². The lowest BCUT2D eigenvalue weighted by Gasteiger charge is -2.24. The maximum Gasteiger partial charge on any atom is 0.264 e. The first-order valence-electron chi connectivity index (χ1n) is 11.8. The van der Waals surface area contributed by atoms with Gasteiger partial charge in [0, 0.05) is 6.54 Å². The summed E-state index contributed by atoms with van der Waals surface area (Å²) in [6.45, 7) is 1.59. The van der Waals surface area contributed by atoms with Crippen LogP contribution in [0.4, 0.5) is 15.8 Å². The third-order valence-corrected chi connectivity index (χ3v) is 7.54. The fraction of sp³-hybridized carbons (Fsp3) is 0.103. The molecule has 2 amide bonds. The molecule has 0 atom stereocenters. The van der Waals surface area contributed by atoms with E-state index in [9.17, 15) is 22.4 Å². The van der Waals surface area contributed by atoms with Gasteiger partial charge in [-0.1, -0.05) is 60.2 Å². The number of hydrogen-bond acceptors (Lipinski definition) is 4. The van der Waals surface area contributed by atoms with Crippen molar-refractivity contribution in [1.29, 1.82) is 0 Å². The lowest BCUT2D eigenvalue weighted by molar-refractivity contribution is -0.114. The maximum atomic E-state index is 13.5. The van der Waals surface area contributed by atoms with Crippen LogP contribution in [0.3, 0.4) is 0 Å². The number of nitrogens with one attached hydrogen (secondary N) is 2. The van der Waals surface area contributed by atoms with E-state index in [1.807, 2.05) is 37.3 Å². The summed E-state index contributed by atoms with van der Waals surface area (Å²) in [5.74, 6) is -1.62. The summed E-state index contributed by atoms with van der Waals surface area (Å²) in [5, 5.41) is 5.49. The number of carbonyl (C=O) groups excluding carboxylic acids is 2. The third kappa shape index (κ3) is 6.43. The summed E-state index contributed by atoms with van der Waals surface area (Å²) < 4.78 is 41.3. The van der Waals surface area contributed by atoms with Gasteiger partial charge in [0.2, 0.25) is 5.91 Å². The van der Waals surface area contributed by atoms with E-state index in [2.05, 4.69) is 10.6 Å². The van der Waals surface area contributed by atoms with Crippen LogP contribution in [0.15, 0.2) is 108 Å². The van der Waals surface area contributed by atoms with E-state index in [-0.39, 0.29) is 27.7 Å². The highest BCUT2D eigenvalue weighted by Crippen LogP contribution is 2.25. The molecule has 0 bridgehead atoms. The van der Waals surface area contributed by atoms with E-state index in [1.54, 1.807) is 48.5 Å². The molecule has 0 spiro atoms. The fourth-order valence-corrected chi connectivity index (χ4v) is 5.16. The number of para-hydroxylation sites is 1. The molecule has 0 aliphatic carbocycles. The van der Waals surface area contributed by atoms with E-state index >= 15 is 0 Å². The first kappa shape index (κ1) is 26.6. The van der Waals surface area contributed by atoms with Crippen molar-refractivity contribution in [3.05, 3.63) is 126 Å². The van der Waals surface area contributed by atoms with Crippen LogP contribution in [-0.4, -0.2) is 26.8 Å². The van der Waals surface area contributed by atoms with Gasteiger partial charge in [0.25, 0.3) is 15.9 Å². The van der Waals surface area contributed by atoms with Gasteiger partial charge in [-0.25, -0.2) is 12.8 Å². The zero-order chi connectivity index (χ0) is 27.1. The summed E-state index contributed by atoms with van der Waals surface area (Å²) in [4.78, 5) is 25.8. The molecule has 0 unspecified atom stereocenters. The summed E-state index contributed by atoms with van der Waals surface area (Å²) >= 11 is 0. The first-order valence-corrected chi connectivity index (χ1v) is 13.2. The number of rotatable bonds is 9. The van der Waals surface area contributed by atoms with E-state index in [0.717, 1.165) is 39.7 Å². The topological polar surface area (TPSA) is 95.6 Å². The molecule has 0 heterocycles. The van der Waals surface area contributed by atoms with Gasteiger partial charge >= 0.3 is 0 Å². The largest absolute Gasteiger partial charge is 0.348 e. The Morgan fingerprint density at radius 1 is 0.816 bits per heavy atom. The van der Waals surface area contributed by atoms with Crippen molar-refractivity contribution >= 4 is 33.2 Å². The van der Waals surface area contributed by atoms with Crippen LogP contribution in [-0.2, 0) is 21.4 Å². The molecule has 0 aliphatic rings. The van der Waals surface area contributed by atoms with Crippen LogP contribution in [0.2, 0.25) is 0 Å². The Kier molecular flexibility index (Phi) is 8.18. The number of carbonyl (C=O) groups is 2. The molecule has 194 valence electrons. The van der Waals surface area contributed by atoms with Crippen LogP contribution < -0.4 is 14.9 Å². The highest BCUT2D eigenvalue weighted by atomic mass is 32.2. The molecule has 4 aromatic rings. The zero-order valence-electron chi connectivity index (χ0n) is 20.6. The number of halogens is 1. The van der Waals surface area contributed by atoms with Gasteiger partial charge in [0.15, 0.2) is 0 Å². The standard InChI is InChI=1S/C29H26FN3O4S/c1-21-11-15-24(16-12-21)33(38(36,37)25-17-13-23(30)14-18-25)20-28(34)32-27-10-6-5-9-26(27)29(35)31-19-22-7-3-2-4-8-22/h2-18H,19-20H2,1H3,(H,31,35)(H,32,34). The van der Waals surface area contributed by atoms with Gasteiger partial charge in [0.1, 0.15) is 12.4 Å². The number of anilines is 2. The van der Waals surface area contributed by atoms with Gasteiger partial charge in [-0.3, -0.25) is 13.9 Å².